The summed E-state index contributed by atoms with van der Waals surface area (Å²) < 4.78 is 11.6. The smallest absolute Gasteiger partial charge is 0.436 e. The zero-order valence-electron chi connectivity index (χ0n) is 16.8. The van der Waals surface area contributed by atoms with Crippen molar-refractivity contribution in [1.29, 1.82) is 0 Å². The molecule has 6 nitrogen and oxygen atoms in total. The van der Waals surface area contributed by atoms with Gasteiger partial charge in [-0.1, -0.05) is 45.9 Å². The predicted molar refractivity (Wildman–Crippen MR) is 113 cm³/mol. The van der Waals surface area contributed by atoms with E-state index in [-0.39, 0.29) is 11.7 Å². The van der Waals surface area contributed by atoms with Crippen LogP contribution in [0.15, 0.2) is 33.7 Å². The third-order valence-corrected chi connectivity index (χ3v) is 4.34. The van der Waals surface area contributed by atoms with Gasteiger partial charge in [0.1, 0.15) is 11.2 Å². The Morgan fingerprint density at radius 2 is 1.63 bits per heavy atom. The molecular weight excluding hydrogens is 432 g/mol. The van der Waals surface area contributed by atoms with Gasteiger partial charge in [-0.25, -0.2) is 9.59 Å². The van der Waals surface area contributed by atoms with Gasteiger partial charge in [0.2, 0.25) is 0 Å². The lowest BCUT2D eigenvalue weighted by Gasteiger charge is -2.28. The fraction of sp³-hybridized carbons (Fsp3) is 0.526. The Morgan fingerprint density at radius 1 is 1.07 bits per heavy atom. The van der Waals surface area contributed by atoms with E-state index in [1.807, 2.05) is 24.3 Å². The van der Waals surface area contributed by atoms with E-state index >= 15 is 0 Å². The maximum absolute atomic E-state index is 12.8. The molecule has 0 aromatic heterocycles. The number of aliphatic imine (C=N–C) groups is 1. The molecule has 0 spiro atoms. The maximum Gasteiger partial charge on any atom is 0.436 e. The van der Waals surface area contributed by atoms with Crippen molar-refractivity contribution in [3.05, 3.63) is 34.3 Å². The Morgan fingerprint density at radius 3 is 2.11 bits per heavy atom. The van der Waals surface area contributed by atoms with Gasteiger partial charge in [0.15, 0.2) is 5.17 Å². The Balaban J connectivity index is 3.22. The van der Waals surface area contributed by atoms with Crippen molar-refractivity contribution in [2.45, 2.75) is 59.3 Å². The predicted octanol–water partition coefficient (Wildman–Crippen LogP) is 5.84. The van der Waals surface area contributed by atoms with Crippen LogP contribution in [0.25, 0.3) is 0 Å². The molecule has 2 amide bonds. The SMILES string of the molecule is CS/C(=N/C(=O)OC(C)(C)C)N(Cc1ccccc1Br)C(=O)OC(C)(C)C. The van der Waals surface area contributed by atoms with Crippen LogP contribution in [0.1, 0.15) is 47.1 Å². The molecule has 0 atom stereocenters. The van der Waals surface area contributed by atoms with Crippen LogP contribution in [0, 0.1) is 0 Å². The molecule has 0 N–H and O–H groups in total. The summed E-state index contributed by atoms with van der Waals surface area (Å²) in [5.41, 5.74) is -0.503. The van der Waals surface area contributed by atoms with Gasteiger partial charge in [-0.2, -0.15) is 4.99 Å². The van der Waals surface area contributed by atoms with Crippen molar-refractivity contribution in [3.8, 4) is 0 Å². The average molecular weight is 459 g/mol. The Labute approximate surface area is 173 Å². The highest BCUT2D eigenvalue weighted by molar-refractivity contribution is 9.10. The van der Waals surface area contributed by atoms with E-state index in [0.29, 0.717) is 0 Å². The third-order valence-electron chi connectivity index (χ3n) is 2.89. The molecule has 150 valence electrons. The van der Waals surface area contributed by atoms with Gasteiger partial charge in [0.05, 0.1) is 6.54 Å². The van der Waals surface area contributed by atoms with Gasteiger partial charge in [-0.15, -0.1) is 0 Å². The van der Waals surface area contributed by atoms with Crippen molar-refractivity contribution in [3.63, 3.8) is 0 Å². The third kappa shape index (κ3) is 8.79. The Hall–Kier alpha value is -1.54. The molecule has 0 aliphatic heterocycles. The zero-order chi connectivity index (χ0) is 20.8. The number of benzene rings is 1. The highest BCUT2D eigenvalue weighted by Gasteiger charge is 2.28. The number of halogens is 1. The van der Waals surface area contributed by atoms with Crippen LogP contribution in [0.3, 0.4) is 0 Å². The van der Waals surface area contributed by atoms with Crippen LogP contribution >= 0.6 is 27.7 Å². The second-order valence-corrected chi connectivity index (χ2v) is 9.36. The van der Waals surface area contributed by atoms with Gasteiger partial charge in [-0.3, -0.25) is 4.90 Å². The molecule has 0 aliphatic rings. The van der Waals surface area contributed by atoms with Gasteiger partial charge in [0.25, 0.3) is 0 Å². The number of nitrogens with zero attached hydrogens (tertiary/aromatic N) is 2. The molecule has 8 heteroatoms. The van der Waals surface area contributed by atoms with E-state index in [9.17, 15) is 9.59 Å². The number of hydrogen-bond acceptors (Lipinski definition) is 5. The molecule has 0 aliphatic carbocycles. The molecule has 0 saturated carbocycles. The minimum absolute atomic E-state index is 0.193. The van der Waals surface area contributed by atoms with Gasteiger partial charge in [0, 0.05) is 4.47 Å². The number of amidine groups is 1. The molecule has 0 bridgehead atoms. The van der Waals surface area contributed by atoms with Crippen molar-refractivity contribution in [2.75, 3.05) is 6.26 Å². The fourth-order valence-corrected chi connectivity index (χ4v) is 2.84. The van der Waals surface area contributed by atoms with Crippen LogP contribution in [0.2, 0.25) is 0 Å². The van der Waals surface area contributed by atoms with Gasteiger partial charge < -0.3 is 9.47 Å². The Kier molecular flexibility index (Phi) is 8.35. The van der Waals surface area contributed by atoms with E-state index in [2.05, 4.69) is 20.9 Å². The molecule has 0 radical (unpaired) electrons. The van der Waals surface area contributed by atoms with E-state index in [1.54, 1.807) is 47.8 Å². The summed E-state index contributed by atoms with van der Waals surface area (Å²) in [4.78, 5) is 30.3. The minimum Gasteiger partial charge on any atom is -0.443 e. The van der Waals surface area contributed by atoms with Crippen molar-refractivity contribution < 1.29 is 19.1 Å². The van der Waals surface area contributed by atoms with Crippen LogP contribution in [0.4, 0.5) is 9.59 Å². The second-order valence-electron chi connectivity index (χ2n) is 7.74. The second kappa shape index (κ2) is 9.59. The lowest BCUT2D eigenvalue weighted by molar-refractivity contribution is 0.0363. The largest absolute Gasteiger partial charge is 0.443 e. The highest BCUT2D eigenvalue weighted by Crippen LogP contribution is 2.22. The lowest BCUT2D eigenvalue weighted by atomic mass is 10.2. The number of carbonyl (C=O) groups is 2. The lowest BCUT2D eigenvalue weighted by Crippen LogP contribution is -2.40. The number of ether oxygens (including phenoxy) is 2. The van der Waals surface area contributed by atoms with E-state index in [1.165, 1.54) is 16.7 Å². The molecule has 0 saturated heterocycles. The summed E-state index contributed by atoms with van der Waals surface area (Å²) in [6, 6.07) is 7.52. The van der Waals surface area contributed by atoms with Gasteiger partial charge in [-0.05, 0) is 59.4 Å². The molecule has 1 aromatic rings. The monoisotopic (exact) mass is 458 g/mol. The van der Waals surface area contributed by atoms with Crippen LogP contribution in [-0.4, -0.2) is 39.7 Å². The minimum atomic E-state index is -0.757. The van der Waals surface area contributed by atoms with Crippen LogP contribution < -0.4 is 0 Å². The first-order valence-electron chi connectivity index (χ1n) is 8.42. The number of carbonyl (C=O) groups excluding carboxylic acids is 2. The summed E-state index contributed by atoms with van der Waals surface area (Å²) in [6.07, 6.45) is 0.392. The zero-order valence-corrected chi connectivity index (χ0v) is 19.2. The highest BCUT2D eigenvalue weighted by atomic mass is 79.9. The van der Waals surface area contributed by atoms with Crippen molar-refractivity contribution in [1.82, 2.24) is 4.90 Å². The first kappa shape index (κ1) is 23.5. The number of rotatable bonds is 2. The van der Waals surface area contributed by atoms with E-state index < -0.39 is 23.4 Å². The van der Waals surface area contributed by atoms with E-state index in [0.717, 1.165) is 10.0 Å². The standard InChI is InChI=1S/C19H27BrN2O4S/c1-18(2,3)25-16(23)21-15(27-7)22(17(24)26-19(4,5)6)12-13-10-8-9-11-14(13)20/h8-11H,12H2,1-7H3/b21-15+. The quantitative estimate of drug-likeness (QED) is 0.411. The summed E-state index contributed by atoms with van der Waals surface area (Å²) in [5.74, 6) is 0. The number of thioether (sulfide) groups is 1. The summed E-state index contributed by atoms with van der Waals surface area (Å²) in [6.45, 7) is 10.8. The molecular formula is C19H27BrN2O4S. The van der Waals surface area contributed by atoms with Crippen LogP contribution in [0.5, 0.6) is 0 Å². The molecule has 27 heavy (non-hydrogen) atoms. The van der Waals surface area contributed by atoms with E-state index in [4.69, 9.17) is 9.47 Å². The van der Waals surface area contributed by atoms with Crippen molar-refractivity contribution >= 4 is 45.0 Å². The van der Waals surface area contributed by atoms with Crippen LogP contribution in [-0.2, 0) is 16.0 Å². The first-order valence-corrected chi connectivity index (χ1v) is 10.4. The molecule has 0 heterocycles. The van der Waals surface area contributed by atoms with Crippen molar-refractivity contribution in [2.24, 2.45) is 4.99 Å². The van der Waals surface area contributed by atoms with Gasteiger partial charge >= 0.3 is 12.2 Å². The first-order chi connectivity index (χ1) is 12.3. The fourth-order valence-electron chi connectivity index (χ4n) is 1.90. The topological polar surface area (TPSA) is 68.2 Å². The average Bonchev–Trinajstić information content (AvgIpc) is 2.48. The molecule has 0 fully saturated rings. The normalized spacial score (nSPS) is 12.5. The molecule has 1 rings (SSSR count). The number of amides is 2. The summed E-state index contributed by atoms with van der Waals surface area (Å²) >= 11 is 4.65. The molecule has 0 unspecified atom stereocenters. The summed E-state index contributed by atoms with van der Waals surface area (Å²) in [7, 11) is 0. The molecule has 1 aromatic carbocycles. The maximum atomic E-state index is 12.8. The number of hydrogen-bond donors (Lipinski definition) is 0. The Bertz CT molecular complexity index is 708. The summed E-state index contributed by atoms with van der Waals surface area (Å²) in [5, 5.41) is 0.203.